The Morgan fingerprint density at radius 3 is 1.62 bits per heavy atom. The monoisotopic (exact) mass is 492 g/mol. The first-order valence-electron chi connectivity index (χ1n) is 13.5. The van der Waals surface area contributed by atoms with Crippen LogP contribution in [0.25, 0.3) is 0 Å². The molecule has 0 saturated heterocycles. The highest BCUT2D eigenvalue weighted by molar-refractivity contribution is 5.69. The van der Waals surface area contributed by atoms with Crippen LogP contribution in [0.5, 0.6) is 0 Å². The first-order valence-corrected chi connectivity index (χ1v) is 13.5. The summed E-state index contributed by atoms with van der Waals surface area (Å²) in [6.45, 7) is 5.04. The Kier molecular flexibility index (Phi) is 23.4. The van der Waals surface area contributed by atoms with Gasteiger partial charge in [0.05, 0.1) is 18.8 Å². The van der Waals surface area contributed by atoms with Crippen LogP contribution in [0, 0.1) is 0 Å². The van der Waals surface area contributed by atoms with Crippen molar-refractivity contribution < 1.29 is 39.4 Å². The van der Waals surface area contributed by atoms with Crippen molar-refractivity contribution in [1.82, 2.24) is 0 Å². The van der Waals surface area contributed by atoms with Gasteiger partial charge in [0, 0.05) is 32.8 Å². The summed E-state index contributed by atoms with van der Waals surface area (Å²) in [5.74, 6) is -0.151. The van der Waals surface area contributed by atoms with E-state index in [-0.39, 0.29) is 19.2 Å². The predicted octanol–water partition coefficient (Wildman–Crippen LogP) is 3.51. The molecule has 0 spiro atoms. The van der Waals surface area contributed by atoms with Crippen molar-refractivity contribution >= 4 is 5.97 Å². The minimum atomic E-state index is -1.09. The van der Waals surface area contributed by atoms with E-state index in [2.05, 4.69) is 6.92 Å². The van der Waals surface area contributed by atoms with Gasteiger partial charge in [-0.25, -0.2) is 0 Å². The van der Waals surface area contributed by atoms with Gasteiger partial charge in [0.2, 0.25) is 0 Å². The molecule has 0 aromatic rings. The summed E-state index contributed by atoms with van der Waals surface area (Å²) in [6.07, 6.45) is 8.12. The Bertz CT molecular complexity index is 449. The fourth-order valence-corrected chi connectivity index (χ4v) is 3.89. The highest BCUT2D eigenvalue weighted by atomic mass is 16.5. The van der Waals surface area contributed by atoms with Gasteiger partial charge < -0.3 is 34.6 Å². The average Bonchev–Trinajstić information content (AvgIpc) is 2.83. The van der Waals surface area contributed by atoms with Gasteiger partial charge in [0.1, 0.15) is 12.2 Å². The van der Waals surface area contributed by atoms with Gasteiger partial charge in [-0.15, -0.1) is 0 Å². The number of esters is 1. The van der Waals surface area contributed by atoms with Crippen LogP contribution in [0.3, 0.4) is 0 Å². The van der Waals surface area contributed by atoms with E-state index in [4.69, 9.17) is 24.4 Å². The fraction of sp³-hybridized carbons (Fsp3) is 0.962. The molecular weight excluding hydrogens is 440 g/mol. The van der Waals surface area contributed by atoms with E-state index in [1.165, 1.54) is 0 Å². The van der Waals surface area contributed by atoms with Crippen LogP contribution in [0.1, 0.15) is 104 Å². The second-order valence-electron chi connectivity index (χ2n) is 8.91. The zero-order valence-corrected chi connectivity index (χ0v) is 21.7. The molecule has 4 atom stereocenters. The fourth-order valence-electron chi connectivity index (χ4n) is 3.89. The molecule has 204 valence electrons. The normalized spacial score (nSPS) is 15.1. The van der Waals surface area contributed by atoms with E-state index in [1.807, 2.05) is 0 Å². The molecule has 34 heavy (non-hydrogen) atoms. The van der Waals surface area contributed by atoms with Gasteiger partial charge in [0.25, 0.3) is 0 Å². The number of carbonyl (C=O) groups is 1. The van der Waals surface area contributed by atoms with Crippen molar-refractivity contribution in [2.24, 2.45) is 0 Å². The van der Waals surface area contributed by atoms with Crippen molar-refractivity contribution in [2.45, 2.75) is 128 Å². The largest absolute Gasteiger partial charge is 0.466 e. The predicted molar refractivity (Wildman–Crippen MR) is 133 cm³/mol. The second kappa shape index (κ2) is 23.9. The number of carbonyl (C=O) groups excluding carboxylic acids is 1. The molecule has 0 aliphatic carbocycles. The van der Waals surface area contributed by atoms with E-state index >= 15 is 0 Å². The van der Waals surface area contributed by atoms with Gasteiger partial charge in [-0.2, -0.15) is 0 Å². The molecule has 0 aliphatic rings. The molecule has 0 rings (SSSR count). The second-order valence-corrected chi connectivity index (χ2v) is 8.91. The molecule has 0 aromatic carbocycles. The maximum Gasteiger partial charge on any atom is 0.305 e. The summed E-state index contributed by atoms with van der Waals surface area (Å²) in [6, 6.07) is 0. The smallest absolute Gasteiger partial charge is 0.305 e. The summed E-state index contributed by atoms with van der Waals surface area (Å²) in [5, 5.41) is 40.0. The van der Waals surface area contributed by atoms with Gasteiger partial charge in [-0.05, 0) is 39.0 Å². The molecule has 0 amide bonds. The van der Waals surface area contributed by atoms with Crippen LogP contribution < -0.4 is 0 Å². The van der Waals surface area contributed by atoms with Crippen LogP contribution in [-0.4, -0.2) is 83.8 Å². The van der Waals surface area contributed by atoms with E-state index in [9.17, 15) is 15.0 Å². The van der Waals surface area contributed by atoms with E-state index in [0.29, 0.717) is 51.9 Å². The number of hydrogen-bond donors (Lipinski definition) is 4. The van der Waals surface area contributed by atoms with Gasteiger partial charge in [-0.1, -0.05) is 58.3 Å². The number of rotatable bonds is 25. The number of unbranched alkanes of at least 4 members (excludes halogenated alkanes) is 7. The van der Waals surface area contributed by atoms with E-state index < -0.39 is 24.4 Å². The van der Waals surface area contributed by atoms with Gasteiger partial charge in [0.15, 0.2) is 0 Å². The van der Waals surface area contributed by atoms with E-state index in [1.54, 1.807) is 6.92 Å². The molecule has 0 saturated carbocycles. The zero-order chi connectivity index (χ0) is 25.4. The highest BCUT2D eigenvalue weighted by Gasteiger charge is 2.33. The third kappa shape index (κ3) is 17.6. The van der Waals surface area contributed by atoms with Crippen LogP contribution >= 0.6 is 0 Å². The molecule has 4 N–H and O–H groups in total. The maximum absolute atomic E-state index is 11.4. The lowest BCUT2D eigenvalue weighted by Crippen LogP contribution is -2.46. The molecule has 0 radical (unpaired) electrons. The lowest BCUT2D eigenvalue weighted by Gasteiger charge is -2.32. The molecule has 0 aromatic heterocycles. The zero-order valence-electron chi connectivity index (χ0n) is 21.7. The molecule has 0 aliphatic heterocycles. The Morgan fingerprint density at radius 2 is 1.15 bits per heavy atom. The van der Waals surface area contributed by atoms with Crippen molar-refractivity contribution in [3.05, 3.63) is 0 Å². The number of aliphatic hydroxyl groups is 4. The molecular formula is C26H52O8. The van der Waals surface area contributed by atoms with Crippen molar-refractivity contribution in [2.75, 3.05) is 33.0 Å². The highest BCUT2D eigenvalue weighted by Crippen LogP contribution is 2.21. The molecule has 0 heterocycles. The summed E-state index contributed by atoms with van der Waals surface area (Å²) < 4.78 is 16.6. The Morgan fingerprint density at radius 1 is 0.676 bits per heavy atom. The minimum absolute atomic E-state index is 0.0101. The van der Waals surface area contributed by atoms with Crippen LogP contribution in [0.2, 0.25) is 0 Å². The molecule has 8 heteroatoms. The summed E-state index contributed by atoms with van der Waals surface area (Å²) in [5.41, 5.74) is 0. The average molecular weight is 493 g/mol. The first kappa shape index (κ1) is 33.2. The maximum atomic E-state index is 11.4. The van der Waals surface area contributed by atoms with E-state index in [0.717, 1.165) is 57.8 Å². The Labute approximate surface area is 207 Å². The third-order valence-electron chi connectivity index (χ3n) is 5.90. The van der Waals surface area contributed by atoms with Crippen LogP contribution in [-0.2, 0) is 19.0 Å². The van der Waals surface area contributed by atoms with Crippen molar-refractivity contribution in [1.29, 1.82) is 0 Å². The third-order valence-corrected chi connectivity index (χ3v) is 5.90. The summed E-state index contributed by atoms with van der Waals surface area (Å²) in [4.78, 5) is 11.4. The minimum Gasteiger partial charge on any atom is -0.466 e. The topological polar surface area (TPSA) is 126 Å². The molecule has 4 unspecified atom stereocenters. The molecule has 8 nitrogen and oxygen atoms in total. The summed E-state index contributed by atoms with van der Waals surface area (Å²) in [7, 11) is 0. The lowest BCUT2D eigenvalue weighted by atomic mass is 9.95. The van der Waals surface area contributed by atoms with Gasteiger partial charge >= 0.3 is 5.97 Å². The number of ether oxygens (including phenoxy) is 3. The lowest BCUT2D eigenvalue weighted by molar-refractivity contribution is -0.143. The Balaban J connectivity index is 4.67. The molecule has 0 fully saturated rings. The summed E-state index contributed by atoms with van der Waals surface area (Å²) >= 11 is 0. The standard InChI is InChI=1S/C26H52O8/c1-3-5-6-10-15-22(33-20-13-18-27)25(30)26(31)23(34-21-14-19-28)16-11-8-7-9-12-17-24(29)32-4-2/h22-23,25-28,30-31H,3-21H2,1-2H3. The number of aliphatic hydroxyl groups excluding tert-OH is 4. The SMILES string of the molecule is CCCCCCC(OCCCO)C(O)C(O)C(CCCCCCCC(=O)OCC)OCCCO. The van der Waals surface area contributed by atoms with Crippen LogP contribution in [0.4, 0.5) is 0 Å². The van der Waals surface area contributed by atoms with Crippen LogP contribution in [0.15, 0.2) is 0 Å². The number of hydrogen-bond acceptors (Lipinski definition) is 8. The van der Waals surface area contributed by atoms with Crippen molar-refractivity contribution in [3.63, 3.8) is 0 Å². The first-order chi connectivity index (χ1) is 16.5. The van der Waals surface area contributed by atoms with Crippen molar-refractivity contribution in [3.8, 4) is 0 Å². The van der Waals surface area contributed by atoms with Gasteiger partial charge in [-0.3, -0.25) is 4.79 Å². The quantitative estimate of drug-likeness (QED) is 0.113. The molecule has 0 bridgehead atoms. The Hall–Kier alpha value is -0.770.